The van der Waals surface area contributed by atoms with Crippen molar-refractivity contribution in [3.63, 3.8) is 0 Å². The van der Waals surface area contributed by atoms with Crippen LogP contribution in [0.5, 0.6) is 0 Å². The summed E-state index contributed by atoms with van der Waals surface area (Å²) in [5, 5.41) is 5.72. The monoisotopic (exact) mass is 197 g/mol. The molecule has 0 amide bonds. The lowest BCUT2D eigenvalue weighted by Crippen LogP contribution is -2.32. The van der Waals surface area contributed by atoms with Crippen LogP contribution in [0.25, 0.3) is 0 Å². The van der Waals surface area contributed by atoms with E-state index in [1.165, 1.54) is 4.88 Å². The average Bonchev–Trinajstić information content (AvgIpc) is 2.55. The number of hydrogen-bond acceptors (Lipinski definition) is 2. The van der Waals surface area contributed by atoms with E-state index in [4.69, 9.17) is 0 Å². The Kier molecular flexibility index (Phi) is 3.94. The van der Waals surface area contributed by atoms with Crippen molar-refractivity contribution in [3.05, 3.63) is 22.4 Å². The Hall–Kier alpha value is -0.340. The summed E-state index contributed by atoms with van der Waals surface area (Å²) >= 11 is 1.82. The largest absolute Gasteiger partial charge is 0.307 e. The van der Waals surface area contributed by atoms with Crippen LogP contribution in [-0.4, -0.2) is 6.04 Å². The van der Waals surface area contributed by atoms with Crippen LogP contribution in [0.4, 0.5) is 0 Å². The highest BCUT2D eigenvalue weighted by molar-refractivity contribution is 7.10. The van der Waals surface area contributed by atoms with Gasteiger partial charge in [0.1, 0.15) is 0 Å². The lowest BCUT2D eigenvalue weighted by Gasteiger charge is -2.22. The zero-order valence-corrected chi connectivity index (χ0v) is 9.69. The lowest BCUT2D eigenvalue weighted by molar-refractivity contribution is 0.391. The van der Waals surface area contributed by atoms with Gasteiger partial charge in [0, 0.05) is 17.0 Å². The first-order chi connectivity index (χ1) is 6.11. The maximum Gasteiger partial charge on any atom is 0.0388 e. The van der Waals surface area contributed by atoms with Crippen molar-refractivity contribution in [2.45, 2.75) is 39.8 Å². The molecule has 0 bridgehead atoms. The van der Waals surface area contributed by atoms with Crippen LogP contribution in [0.1, 0.15) is 38.6 Å². The van der Waals surface area contributed by atoms with Gasteiger partial charge in [-0.3, -0.25) is 0 Å². The SMILES string of the molecule is CC(C)C(C)N[C@@H](C)c1cccs1. The standard InChI is InChI=1S/C11H19NS/c1-8(2)9(3)12-10(4)11-6-5-7-13-11/h5-10,12H,1-4H3/t9?,10-/m0/s1. The first-order valence-corrected chi connectivity index (χ1v) is 5.78. The van der Waals surface area contributed by atoms with Crippen molar-refractivity contribution >= 4 is 11.3 Å². The van der Waals surface area contributed by atoms with Gasteiger partial charge in [0.2, 0.25) is 0 Å². The van der Waals surface area contributed by atoms with Crippen molar-refractivity contribution in [2.24, 2.45) is 5.92 Å². The third-order valence-electron chi connectivity index (χ3n) is 2.48. The molecule has 0 radical (unpaired) electrons. The fraction of sp³-hybridized carbons (Fsp3) is 0.636. The van der Waals surface area contributed by atoms with Crippen LogP contribution < -0.4 is 5.32 Å². The normalized spacial score (nSPS) is 16.1. The molecule has 2 heteroatoms. The molecule has 0 spiro atoms. The molecule has 0 aromatic carbocycles. The van der Waals surface area contributed by atoms with E-state index in [1.54, 1.807) is 0 Å². The lowest BCUT2D eigenvalue weighted by atomic mass is 10.1. The number of nitrogens with one attached hydrogen (secondary N) is 1. The zero-order chi connectivity index (χ0) is 9.84. The van der Waals surface area contributed by atoms with Gasteiger partial charge in [-0.15, -0.1) is 11.3 Å². The zero-order valence-electron chi connectivity index (χ0n) is 8.87. The molecule has 1 N–H and O–H groups in total. The molecule has 0 aliphatic heterocycles. The molecule has 1 aromatic heterocycles. The summed E-state index contributed by atoms with van der Waals surface area (Å²) in [6, 6.07) is 5.36. The molecule has 1 unspecified atom stereocenters. The minimum Gasteiger partial charge on any atom is -0.307 e. The maximum atomic E-state index is 3.59. The molecule has 74 valence electrons. The minimum atomic E-state index is 0.484. The molecule has 0 saturated carbocycles. The van der Waals surface area contributed by atoms with Gasteiger partial charge in [0.25, 0.3) is 0 Å². The smallest absolute Gasteiger partial charge is 0.0388 e. The average molecular weight is 197 g/mol. The molecule has 0 aliphatic rings. The topological polar surface area (TPSA) is 12.0 Å². The Morgan fingerprint density at radius 1 is 1.23 bits per heavy atom. The van der Waals surface area contributed by atoms with Crippen LogP contribution in [0.3, 0.4) is 0 Å². The van der Waals surface area contributed by atoms with Gasteiger partial charge in [0.05, 0.1) is 0 Å². The van der Waals surface area contributed by atoms with Crippen LogP contribution in [-0.2, 0) is 0 Å². The summed E-state index contributed by atoms with van der Waals surface area (Å²) < 4.78 is 0. The van der Waals surface area contributed by atoms with Crippen LogP contribution >= 0.6 is 11.3 Å². The van der Waals surface area contributed by atoms with E-state index in [0.29, 0.717) is 18.0 Å². The molecule has 0 saturated heterocycles. The highest BCUT2D eigenvalue weighted by atomic mass is 32.1. The molecule has 13 heavy (non-hydrogen) atoms. The number of hydrogen-bond donors (Lipinski definition) is 1. The minimum absolute atomic E-state index is 0.484. The first-order valence-electron chi connectivity index (χ1n) is 4.90. The van der Waals surface area contributed by atoms with Gasteiger partial charge in [-0.05, 0) is 31.2 Å². The van der Waals surface area contributed by atoms with E-state index in [9.17, 15) is 0 Å². The van der Waals surface area contributed by atoms with Crippen molar-refractivity contribution < 1.29 is 0 Å². The third-order valence-corrected chi connectivity index (χ3v) is 3.54. The van der Waals surface area contributed by atoms with Crippen LogP contribution in [0, 0.1) is 5.92 Å². The summed E-state index contributed by atoms with van der Waals surface area (Å²) in [5.41, 5.74) is 0. The van der Waals surface area contributed by atoms with Crippen molar-refractivity contribution in [2.75, 3.05) is 0 Å². The quantitative estimate of drug-likeness (QED) is 0.779. The summed E-state index contributed by atoms with van der Waals surface area (Å²) in [6.07, 6.45) is 0. The summed E-state index contributed by atoms with van der Waals surface area (Å²) in [4.78, 5) is 1.42. The summed E-state index contributed by atoms with van der Waals surface area (Å²) in [7, 11) is 0. The number of rotatable bonds is 4. The highest BCUT2D eigenvalue weighted by Gasteiger charge is 2.12. The predicted molar refractivity (Wildman–Crippen MR) is 60.2 cm³/mol. The molecule has 0 fully saturated rings. The fourth-order valence-electron chi connectivity index (χ4n) is 1.21. The highest BCUT2D eigenvalue weighted by Crippen LogP contribution is 2.19. The second-order valence-electron chi connectivity index (χ2n) is 3.94. The molecule has 1 nitrogen and oxygen atoms in total. The van der Waals surface area contributed by atoms with Crippen molar-refractivity contribution in [1.82, 2.24) is 5.32 Å². The van der Waals surface area contributed by atoms with E-state index < -0.39 is 0 Å². The van der Waals surface area contributed by atoms with Gasteiger partial charge in [-0.2, -0.15) is 0 Å². The van der Waals surface area contributed by atoms with Gasteiger partial charge in [-0.1, -0.05) is 19.9 Å². The first kappa shape index (κ1) is 10.7. The van der Waals surface area contributed by atoms with E-state index >= 15 is 0 Å². The van der Waals surface area contributed by atoms with Gasteiger partial charge < -0.3 is 5.32 Å². The Bertz CT molecular complexity index is 228. The van der Waals surface area contributed by atoms with E-state index in [-0.39, 0.29) is 0 Å². The van der Waals surface area contributed by atoms with E-state index in [2.05, 4.69) is 50.5 Å². The van der Waals surface area contributed by atoms with Gasteiger partial charge in [0.15, 0.2) is 0 Å². The Morgan fingerprint density at radius 2 is 1.92 bits per heavy atom. The second-order valence-corrected chi connectivity index (χ2v) is 4.92. The maximum absolute atomic E-state index is 3.59. The molecule has 1 heterocycles. The van der Waals surface area contributed by atoms with Crippen molar-refractivity contribution in [1.29, 1.82) is 0 Å². The Morgan fingerprint density at radius 3 is 2.38 bits per heavy atom. The molecule has 1 rings (SSSR count). The molecule has 0 aliphatic carbocycles. The molecule has 2 atom stereocenters. The molecular weight excluding hydrogens is 178 g/mol. The van der Waals surface area contributed by atoms with E-state index in [0.717, 1.165) is 0 Å². The molecule has 1 aromatic rings. The second kappa shape index (κ2) is 4.77. The fourth-order valence-corrected chi connectivity index (χ4v) is 1.95. The van der Waals surface area contributed by atoms with Gasteiger partial charge >= 0.3 is 0 Å². The van der Waals surface area contributed by atoms with Crippen LogP contribution in [0.15, 0.2) is 17.5 Å². The molecular formula is C11H19NS. The van der Waals surface area contributed by atoms with Crippen LogP contribution in [0.2, 0.25) is 0 Å². The Labute approximate surface area is 85.2 Å². The Balaban J connectivity index is 2.46. The third kappa shape index (κ3) is 3.12. The predicted octanol–water partition coefficient (Wildman–Crippen LogP) is 3.44. The summed E-state index contributed by atoms with van der Waals surface area (Å²) in [6.45, 7) is 8.97. The van der Waals surface area contributed by atoms with Crippen molar-refractivity contribution in [3.8, 4) is 0 Å². The number of thiophene rings is 1. The van der Waals surface area contributed by atoms with E-state index in [1.807, 2.05) is 11.3 Å². The summed E-state index contributed by atoms with van der Waals surface area (Å²) in [5.74, 6) is 0.697. The van der Waals surface area contributed by atoms with Gasteiger partial charge in [-0.25, -0.2) is 0 Å².